The fourth-order valence-electron chi connectivity index (χ4n) is 1.34. The number of hydrogen-bond acceptors (Lipinski definition) is 2. The molecule has 2 aromatic carbocycles. The highest BCUT2D eigenvalue weighted by atomic mass is 79.9. The Hall–Kier alpha value is -0.620. The number of benzene rings is 2. The summed E-state index contributed by atoms with van der Waals surface area (Å²) in [5.41, 5.74) is 1.53. The topological polar surface area (TPSA) is 34.1 Å². The highest BCUT2D eigenvalue weighted by Gasteiger charge is 2.03. The molecule has 0 radical (unpaired) electrons. The molecule has 0 aliphatic rings. The lowest BCUT2D eigenvalue weighted by atomic mass is 10.1. The third-order valence-corrected chi connectivity index (χ3v) is 2.51. The van der Waals surface area contributed by atoms with E-state index in [9.17, 15) is 4.39 Å². The van der Waals surface area contributed by atoms with Crippen LogP contribution in [0.4, 0.5) is 4.39 Å². The van der Waals surface area contributed by atoms with E-state index < -0.39 is 8.26 Å². The van der Waals surface area contributed by atoms with E-state index in [-0.39, 0.29) is 5.82 Å². The lowest BCUT2D eigenvalue weighted by Gasteiger charge is -2.02. The van der Waals surface area contributed by atoms with Crippen molar-refractivity contribution in [2.75, 3.05) is 0 Å². The first-order valence-corrected chi connectivity index (χ1v) is 8.85. The smallest absolute Gasteiger partial charge is 0.206 e. The van der Waals surface area contributed by atoms with Gasteiger partial charge in [-0.1, -0.05) is 52.3 Å². The average Bonchev–Trinajstić information content (AvgIpc) is 2.28. The van der Waals surface area contributed by atoms with Gasteiger partial charge in [0.15, 0.2) is 0 Å². The van der Waals surface area contributed by atoms with Gasteiger partial charge in [0, 0.05) is 31.4 Å². The van der Waals surface area contributed by atoms with E-state index in [0.717, 1.165) is 10.0 Å². The van der Waals surface area contributed by atoms with Gasteiger partial charge < -0.3 is 0 Å². The van der Waals surface area contributed by atoms with Crippen LogP contribution in [-0.4, -0.2) is 8.42 Å². The maximum absolute atomic E-state index is 13.5. The summed E-state index contributed by atoms with van der Waals surface area (Å²) < 4.78 is 32.6. The van der Waals surface area contributed by atoms with Gasteiger partial charge in [0.1, 0.15) is 5.82 Å². The van der Waals surface area contributed by atoms with Gasteiger partial charge in [-0.25, -0.2) is 4.39 Å². The van der Waals surface area contributed by atoms with Crippen LogP contribution in [0.15, 0.2) is 53.0 Å². The molecule has 0 N–H and O–H groups in total. The minimum absolute atomic E-state index is 0.203. The molecule has 0 aliphatic carbocycles. The Balaban J connectivity index is 0.000000312. The van der Waals surface area contributed by atoms with Crippen LogP contribution >= 0.6 is 37.3 Å². The predicted octanol–water partition coefficient (Wildman–Crippen LogP) is 4.96. The molecule has 0 fully saturated rings. The van der Waals surface area contributed by atoms with Crippen LogP contribution in [0, 0.1) is 5.82 Å². The second-order valence-corrected chi connectivity index (χ2v) is 7.95. The van der Waals surface area contributed by atoms with Crippen molar-refractivity contribution in [3.63, 3.8) is 0 Å². The van der Waals surface area contributed by atoms with Gasteiger partial charge in [-0.2, -0.15) is 8.42 Å². The normalized spacial score (nSPS) is 10.5. The van der Waals surface area contributed by atoms with Gasteiger partial charge in [0.05, 0.1) is 0 Å². The highest BCUT2D eigenvalue weighted by molar-refractivity contribution is 9.10. The second-order valence-electron chi connectivity index (χ2n) is 3.37. The Bertz CT molecular complexity index is 640. The molecular weight excluding hydrogens is 378 g/mol. The van der Waals surface area contributed by atoms with Crippen LogP contribution in [0.3, 0.4) is 0 Å². The zero-order chi connectivity index (χ0) is 14.5. The quantitative estimate of drug-likeness (QED) is 0.650. The van der Waals surface area contributed by atoms with E-state index in [0.29, 0.717) is 5.56 Å². The molecule has 0 aliphatic heterocycles. The Morgan fingerprint density at radius 1 is 1.00 bits per heavy atom. The molecule has 7 heteroatoms. The monoisotopic (exact) mass is 384 g/mol. The number of hydrogen-bond donors (Lipinski definition) is 0. The largest absolute Gasteiger partial charge is 0.317 e. The SMILES string of the molecule is Fc1cc(Br)ccc1-c1ccccc1.O=S(=O)(Cl)Cl. The van der Waals surface area contributed by atoms with E-state index in [1.165, 1.54) is 6.07 Å². The molecule has 0 heterocycles. The maximum atomic E-state index is 13.5. The fourth-order valence-corrected chi connectivity index (χ4v) is 1.67. The summed E-state index contributed by atoms with van der Waals surface area (Å²) in [5.74, 6) is -0.203. The van der Waals surface area contributed by atoms with Crippen molar-refractivity contribution in [3.8, 4) is 11.1 Å². The molecule has 19 heavy (non-hydrogen) atoms. The first-order chi connectivity index (χ1) is 8.77. The van der Waals surface area contributed by atoms with Crippen LogP contribution in [-0.2, 0) is 8.26 Å². The Morgan fingerprint density at radius 2 is 1.53 bits per heavy atom. The summed E-state index contributed by atoms with van der Waals surface area (Å²) in [6.45, 7) is 0. The van der Waals surface area contributed by atoms with Gasteiger partial charge >= 0.3 is 8.26 Å². The molecule has 0 aromatic heterocycles. The van der Waals surface area contributed by atoms with Crippen molar-refractivity contribution < 1.29 is 12.8 Å². The zero-order valence-corrected chi connectivity index (χ0v) is 13.3. The molecule has 0 atom stereocenters. The van der Waals surface area contributed by atoms with Crippen molar-refractivity contribution in [3.05, 3.63) is 58.8 Å². The Kier molecular flexibility index (Phi) is 6.26. The number of rotatable bonds is 1. The van der Waals surface area contributed by atoms with Crippen molar-refractivity contribution in [1.29, 1.82) is 0 Å². The molecule has 0 bridgehead atoms. The van der Waals surface area contributed by atoms with E-state index in [1.54, 1.807) is 6.07 Å². The van der Waals surface area contributed by atoms with Crippen molar-refractivity contribution in [2.24, 2.45) is 0 Å². The van der Waals surface area contributed by atoms with Crippen LogP contribution < -0.4 is 0 Å². The van der Waals surface area contributed by atoms with E-state index in [4.69, 9.17) is 8.42 Å². The molecule has 0 unspecified atom stereocenters. The third kappa shape index (κ3) is 6.92. The lowest BCUT2D eigenvalue weighted by Crippen LogP contribution is -1.83. The Morgan fingerprint density at radius 3 is 2.00 bits per heavy atom. The van der Waals surface area contributed by atoms with E-state index >= 15 is 0 Å². The molecule has 102 valence electrons. The third-order valence-electron chi connectivity index (χ3n) is 2.02. The van der Waals surface area contributed by atoms with Crippen LogP contribution in [0.5, 0.6) is 0 Å². The van der Waals surface area contributed by atoms with E-state index in [1.807, 2.05) is 36.4 Å². The van der Waals surface area contributed by atoms with Gasteiger partial charge in [0.25, 0.3) is 0 Å². The highest BCUT2D eigenvalue weighted by Crippen LogP contribution is 2.24. The number of halogens is 4. The zero-order valence-electron chi connectivity index (χ0n) is 9.36. The van der Waals surface area contributed by atoms with Crippen molar-refractivity contribution >= 4 is 45.6 Å². The molecular formula is C12H8BrCl2FO2S. The molecule has 2 rings (SSSR count). The maximum Gasteiger partial charge on any atom is 0.317 e. The first-order valence-electron chi connectivity index (χ1n) is 4.92. The van der Waals surface area contributed by atoms with Gasteiger partial charge in [-0.05, 0) is 17.7 Å². The molecule has 0 spiro atoms. The lowest BCUT2D eigenvalue weighted by molar-refractivity contribution is 0.621. The minimum Gasteiger partial charge on any atom is -0.206 e. The van der Waals surface area contributed by atoms with E-state index in [2.05, 4.69) is 37.3 Å². The van der Waals surface area contributed by atoms with Crippen LogP contribution in [0.2, 0.25) is 0 Å². The summed E-state index contributed by atoms with van der Waals surface area (Å²) in [6.07, 6.45) is 0. The minimum atomic E-state index is -3.72. The van der Waals surface area contributed by atoms with Crippen LogP contribution in [0.25, 0.3) is 11.1 Å². The second kappa shape index (κ2) is 7.24. The molecule has 0 saturated carbocycles. The molecule has 2 aromatic rings. The molecule has 0 amide bonds. The standard InChI is InChI=1S/C12H8BrF.Cl2O2S/c13-10-6-7-11(12(14)8-10)9-4-2-1-3-5-9;1-5(2,3)4/h1-8H;. The molecule has 2 nitrogen and oxygen atoms in total. The fraction of sp³-hybridized carbons (Fsp3) is 0. The van der Waals surface area contributed by atoms with Crippen molar-refractivity contribution in [2.45, 2.75) is 0 Å². The van der Waals surface area contributed by atoms with Gasteiger partial charge in [0.2, 0.25) is 0 Å². The van der Waals surface area contributed by atoms with Crippen molar-refractivity contribution in [1.82, 2.24) is 0 Å². The van der Waals surface area contributed by atoms with Gasteiger partial charge in [-0.15, -0.1) is 0 Å². The summed E-state index contributed by atoms with van der Waals surface area (Å²) in [4.78, 5) is 0. The first kappa shape index (κ1) is 16.4. The Labute approximate surface area is 128 Å². The summed E-state index contributed by atoms with van der Waals surface area (Å²) in [7, 11) is 4.81. The predicted molar refractivity (Wildman–Crippen MR) is 80.2 cm³/mol. The summed E-state index contributed by atoms with van der Waals surface area (Å²) in [5, 5.41) is 0. The van der Waals surface area contributed by atoms with Gasteiger partial charge in [-0.3, -0.25) is 0 Å². The summed E-state index contributed by atoms with van der Waals surface area (Å²) >= 11 is 3.23. The average molecular weight is 386 g/mol. The van der Waals surface area contributed by atoms with Crippen LogP contribution in [0.1, 0.15) is 0 Å². The summed E-state index contributed by atoms with van der Waals surface area (Å²) in [6, 6.07) is 14.6. The molecule has 0 saturated heterocycles.